The molecule has 1 aliphatic rings. The largest absolute Gasteiger partial charge is 0.376 e. The van der Waals surface area contributed by atoms with Gasteiger partial charge in [-0.15, -0.1) is 0 Å². The van der Waals surface area contributed by atoms with Crippen molar-refractivity contribution in [3.63, 3.8) is 0 Å². The molecule has 0 saturated heterocycles. The standard InChI is InChI=1S/C19H15BrCl2O/c20-17-10-8-15(9-11-17)19(23,14-5-2-1-3-6-14)16-7-4-12-18(21,22)13-16/h1-12,23H,13H2/t19-/m1/s1. The predicted molar refractivity (Wildman–Crippen MR) is 99.9 cm³/mol. The summed E-state index contributed by atoms with van der Waals surface area (Å²) in [5, 5.41) is 11.7. The van der Waals surface area contributed by atoms with Crippen LogP contribution in [0.5, 0.6) is 0 Å². The molecule has 0 heterocycles. The van der Waals surface area contributed by atoms with E-state index in [1.54, 1.807) is 12.2 Å². The number of hydrogen-bond donors (Lipinski definition) is 1. The van der Waals surface area contributed by atoms with Gasteiger partial charge < -0.3 is 5.11 Å². The quantitative estimate of drug-likeness (QED) is 0.640. The first kappa shape index (κ1) is 16.8. The maximum atomic E-state index is 11.7. The second-order valence-electron chi connectivity index (χ2n) is 5.57. The molecule has 1 nitrogen and oxygen atoms in total. The summed E-state index contributed by atoms with van der Waals surface area (Å²) in [7, 11) is 0. The summed E-state index contributed by atoms with van der Waals surface area (Å²) in [5.41, 5.74) is 1.05. The summed E-state index contributed by atoms with van der Waals surface area (Å²) in [4.78, 5) is 0. The van der Waals surface area contributed by atoms with E-state index in [0.29, 0.717) is 6.42 Å². The van der Waals surface area contributed by atoms with Crippen molar-refractivity contribution in [1.82, 2.24) is 0 Å². The van der Waals surface area contributed by atoms with Crippen molar-refractivity contribution >= 4 is 39.1 Å². The number of benzene rings is 2. The molecule has 0 bridgehead atoms. The smallest absolute Gasteiger partial charge is 0.140 e. The predicted octanol–water partition coefficient (Wildman–Crippen LogP) is 5.75. The Morgan fingerprint density at radius 1 is 0.957 bits per heavy atom. The zero-order chi connectivity index (χ0) is 16.5. The van der Waals surface area contributed by atoms with E-state index in [0.717, 1.165) is 21.2 Å². The molecule has 0 spiro atoms. The van der Waals surface area contributed by atoms with Crippen LogP contribution in [0.4, 0.5) is 0 Å². The van der Waals surface area contributed by atoms with Gasteiger partial charge in [0.25, 0.3) is 0 Å². The van der Waals surface area contributed by atoms with E-state index in [9.17, 15) is 5.11 Å². The molecule has 0 fully saturated rings. The van der Waals surface area contributed by atoms with Crippen LogP contribution in [-0.2, 0) is 5.60 Å². The molecule has 1 aliphatic carbocycles. The van der Waals surface area contributed by atoms with Gasteiger partial charge in [-0.2, -0.15) is 0 Å². The van der Waals surface area contributed by atoms with Crippen LogP contribution in [0.15, 0.2) is 82.9 Å². The van der Waals surface area contributed by atoms with Gasteiger partial charge in [-0.1, -0.05) is 93.7 Å². The third-order valence-corrected chi connectivity index (χ3v) is 5.03. The Morgan fingerprint density at radius 3 is 2.17 bits per heavy atom. The first-order valence-corrected chi connectivity index (χ1v) is 8.77. The highest BCUT2D eigenvalue weighted by Gasteiger charge is 2.39. The Hall–Kier alpha value is -1.06. The molecule has 2 aromatic rings. The van der Waals surface area contributed by atoms with Crippen LogP contribution < -0.4 is 0 Å². The maximum Gasteiger partial charge on any atom is 0.140 e. The van der Waals surface area contributed by atoms with Crippen LogP contribution in [0.1, 0.15) is 17.5 Å². The van der Waals surface area contributed by atoms with E-state index < -0.39 is 9.93 Å². The third-order valence-electron chi connectivity index (χ3n) is 3.98. The molecule has 2 aromatic carbocycles. The number of alkyl halides is 2. The number of aliphatic hydroxyl groups is 1. The van der Waals surface area contributed by atoms with Gasteiger partial charge in [0.05, 0.1) is 0 Å². The molecular formula is C19H15BrCl2O. The maximum absolute atomic E-state index is 11.7. The minimum Gasteiger partial charge on any atom is -0.376 e. The Morgan fingerprint density at radius 2 is 1.57 bits per heavy atom. The van der Waals surface area contributed by atoms with Crippen molar-refractivity contribution in [3.05, 3.63) is 94.0 Å². The molecule has 23 heavy (non-hydrogen) atoms. The summed E-state index contributed by atoms with van der Waals surface area (Å²) < 4.78 is -0.0550. The van der Waals surface area contributed by atoms with Crippen molar-refractivity contribution in [3.8, 4) is 0 Å². The number of halogens is 3. The molecule has 4 heteroatoms. The molecule has 1 N–H and O–H groups in total. The highest BCUT2D eigenvalue weighted by atomic mass is 79.9. The number of allylic oxidation sites excluding steroid dienone is 3. The van der Waals surface area contributed by atoms with E-state index >= 15 is 0 Å². The van der Waals surface area contributed by atoms with Crippen LogP contribution in [0, 0.1) is 0 Å². The van der Waals surface area contributed by atoms with Gasteiger partial charge in [0.15, 0.2) is 0 Å². The fourth-order valence-corrected chi connectivity index (χ4v) is 3.53. The zero-order valence-corrected chi connectivity index (χ0v) is 15.3. The SMILES string of the molecule is O[C@](C1=CC=CC(Cl)(Cl)C1)(c1ccccc1)c1ccc(Br)cc1. The fraction of sp³-hybridized carbons (Fsp3) is 0.158. The van der Waals surface area contributed by atoms with Crippen molar-refractivity contribution in [1.29, 1.82) is 0 Å². The van der Waals surface area contributed by atoms with Gasteiger partial charge >= 0.3 is 0 Å². The van der Waals surface area contributed by atoms with Gasteiger partial charge in [-0.25, -0.2) is 0 Å². The summed E-state index contributed by atoms with van der Waals surface area (Å²) in [6, 6.07) is 17.2. The monoisotopic (exact) mass is 408 g/mol. The Balaban J connectivity index is 2.17. The van der Waals surface area contributed by atoms with E-state index in [4.69, 9.17) is 23.2 Å². The normalized spacial score (nSPS) is 19.0. The Labute approximate surface area is 154 Å². The molecule has 0 unspecified atom stereocenters. The lowest BCUT2D eigenvalue weighted by Crippen LogP contribution is -2.33. The lowest BCUT2D eigenvalue weighted by Gasteiger charge is -2.35. The van der Waals surface area contributed by atoms with E-state index in [-0.39, 0.29) is 0 Å². The summed E-state index contributed by atoms with van der Waals surface area (Å²) in [6.45, 7) is 0. The average molecular weight is 410 g/mol. The first-order chi connectivity index (χ1) is 10.9. The average Bonchev–Trinajstić information content (AvgIpc) is 2.54. The number of rotatable bonds is 3. The molecule has 1 atom stereocenters. The van der Waals surface area contributed by atoms with Crippen LogP contribution >= 0.6 is 39.1 Å². The second-order valence-corrected chi connectivity index (χ2v) is 8.03. The Kier molecular flexibility index (Phi) is 4.70. The second kappa shape index (κ2) is 6.45. The molecule has 0 radical (unpaired) electrons. The summed E-state index contributed by atoms with van der Waals surface area (Å²) >= 11 is 16.0. The Bertz CT molecular complexity index is 751. The van der Waals surface area contributed by atoms with Gasteiger partial charge in [0.2, 0.25) is 0 Å². The van der Waals surface area contributed by atoms with Gasteiger partial charge in [0, 0.05) is 10.9 Å². The highest BCUT2D eigenvalue weighted by molar-refractivity contribution is 9.10. The van der Waals surface area contributed by atoms with E-state index in [1.165, 1.54) is 0 Å². The lowest BCUT2D eigenvalue weighted by atomic mass is 9.77. The fourth-order valence-electron chi connectivity index (χ4n) is 2.83. The molecule has 0 saturated carbocycles. The third kappa shape index (κ3) is 3.41. The van der Waals surface area contributed by atoms with Gasteiger partial charge in [-0.3, -0.25) is 0 Å². The summed E-state index contributed by atoms with van der Waals surface area (Å²) in [6.07, 6.45) is 5.77. The molecule has 0 amide bonds. The minimum absolute atomic E-state index is 0.355. The topological polar surface area (TPSA) is 20.2 Å². The van der Waals surface area contributed by atoms with Crippen molar-refractivity contribution < 1.29 is 5.11 Å². The lowest BCUT2D eigenvalue weighted by molar-refractivity contribution is 0.116. The van der Waals surface area contributed by atoms with Crippen LogP contribution in [-0.4, -0.2) is 9.44 Å². The van der Waals surface area contributed by atoms with Crippen LogP contribution in [0.25, 0.3) is 0 Å². The number of hydrogen-bond acceptors (Lipinski definition) is 1. The van der Waals surface area contributed by atoms with Gasteiger partial charge in [0.1, 0.15) is 9.93 Å². The van der Waals surface area contributed by atoms with E-state index in [1.807, 2.05) is 60.7 Å². The van der Waals surface area contributed by atoms with Crippen LogP contribution in [0.3, 0.4) is 0 Å². The first-order valence-electron chi connectivity index (χ1n) is 7.22. The van der Waals surface area contributed by atoms with Crippen LogP contribution in [0.2, 0.25) is 0 Å². The zero-order valence-electron chi connectivity index (χ0n) is 12.2. The van der Waals surface area contributed by atoms with Crippen molar-refractivity contribution in [2.24, 2.45) is 0 Å². The van der Waals surface area contributed by atoms with Gasteiger partial charge in [-0.05, 0) is 34.9 Å². The minimum atomic E-state index is -1.28. The molecule has 118 valence electrons. The molecular weight excluding hydrogens is 395 g/mol. The molecule has 3 rings (SSSR count). The highest BCUT2D eigenvalue weighted by Crippen LogP contribution is 2.45. The molecule has 0 aliphatic heterocycles. The van der Waals surface area contributed by atoms with Crippen molar-refractivity contribution in [2.45, 2.75) is 16.4 Å². The summed E-state index contributed by atoms with van der Waals surface area (Å²) in [5.74, 6) is 0. The van der Waals surface area contributed by atoms with Crippen molar-refractivity contribution in [2.75, 3.05) is 0 Å². The van der Waals surface area contributed by atoms with E-state index in [2.05, 4.69) is 15.9 Å². The molecule has 0 aromatic heterocycles.